The monoisotopic (exact) mass is 400 g/mol. The third-order valence-electron chi connectivity index (χ3n) is 2.70. The minimum absolute atomic E-state index is 0.380. The summed E-state index contributed by atoms with van der Waals surface area (Å²) in [4.78, 5) is 13.0. The van der Waals surface area contributed by atoms with E-state index in [0.717, 1.165) is 8.66 Å². The fourth-order valence-electron chi connectivity index (χ4n) is 1.81. The van der Waals surface area contributed by atoms with Crippen molar-refractivity contribution in [3.63, 3.8) is 0 Å². The highest BCUT2D eigenvalue weighted by Gasteiger charge is 2.17. The molecule has 1 aromatic heterocycles. The Morgan fingerprint density at radius 2 is 2.00 bits per heavy atom. The number of rotatable bonds is 4. The third kappa shape index (κ3) is 5.84. The van der Waals surface area contributed by atoms with Crippen molar-refractivity contribution in [2.45, 2.75) is 32.9 Å². The van der Waals surface area contributed by atoms with Gasteiger partial charge in [-0.05, 0) is 67.0 Å². The number of ether oxygens (including phenoxy) is 1. The van der Waals surface area contributed by atoms with Gasteiger partial charge in [0, 0.05) is 11.4 Å². The maximum absolute atomic E-state index is 13.5. The normalized spacial score (nSPS) is 11.2. The van der Waals surface area contributed by atoms with Crippen LogP contribution < -0.4 is 10.6 Å². The third-order valence-corrected chi connectivity index (χ3v) is 4.32. The van der Waals surface area contributed by atoms with E-state index in [2.05, 4.69) is 26.6 Å². The second-order valence-corrected chi connectivity index (χ2v) is 8.42. The van der Waals surface area contributed by atoms with Crippen LogP contribution in [0.15, 0.2) is 34.1 Å². The molecule has 23 heavy (non-hydrogen) atoms. The molecule has 0 saturated carbocycles. The molecule has 124 valence electrons. The summed E-state index contributed by atoms with van der Waals surface area (Å²) >= 11 is 4.99. The van der Waals surface area contributed by atoms with Crippen LogP contribution in [0.5, 0.6) is 0 Å². The largest absolute Gasteiger partial charge is 0.444 e. The zero-order chi connectivity index (χ0) is 17.0. The molecule has 1 aromatic carbocycles. The lowest BCUT2D eigenvalue weighted by atomic mass is 10.2. The molecule has 7 heteroatoms. The van der Waals surface area contributed by atoms with Crippen LogP contribution in [0.2, 0.25) is 0 Å². The van der Waals surface area contributed by atoms with Gasteiger partial charge < -0.3 is 10.1 Å². The molecule has 2 N–H and O–H groups in total. The van der Waals surface area contributed by atoms with E-state index in [-0.39, 0.29) is 5.82 Å². The first kappa shape index (κ1) is 17.7. The molecular weight excluding hydrogens is 383 g/mol. The smallest absolute Gasteiger partial charge is 0.412 e. The van der Waals surface area contributed by atoms with Gasteiger partial charge in [-0.3, -0.25) is 5.32 Å². The summed E-state index contributed by atoms with van der Waals surface area (Å²) in [5.74, 6) is -0.380. The van der Waals surface area contributed by atoms with Gasteiger partial charge in [0.25, 0.3) is 0 Å². The highest BCUT2D eigenvalue weighted by Crippen LogP contribution is 2.27. The van der Waals surface area contributed by atoms with Gasteiger partial charge in [0.2, 0.25) is 0 Å². The number of thiophene rings is 1. The lowest BCUT2D eigenvalue weighted by Gasteiger charge is -2.20. The van der Waals surface area contributed by atoms with Crippen molar-refractivity contribution < 1.29 is 13.9 Å². The number of halogens is 2. The predicted octanol–water partition coefficient (Wildman–Crippen LogP) is 5.61. The van der Waals surface area contributed by atoms with Crippen molar-refractivity contribution in [2.75, 3.05) is 10.6 Å². The molecule has 1 amide bonds. The van der Waals surface area contributed by atoms with Crippen LogP contribution >= 0.6 is 27.3 Å². The van der Waals surface area contributed by atoms with Crippen LogP contribution in [0, 0.1) is 5.82 Å². The number of nitrogens with one attached hydrogen (secondary N) is 2. The van der Waals surface area contributed by atoms with Gasteiger partial charge >= 0.3 is 6.09 Å². The number of carbonyl (C=O) groups is 1. The van der Waals surface area contributed by atoms with E-state index in [1.54, 1.807) is 32.1 Å². The Balaban J connectivity index is 2.09. The van der Waals surface area contributed by atoms with Crippen LogP contribution in [-0.2, 0) is 11.3 Å². The molecule has 0 bridgehead atoms. The summed E-state index contributed by atoms with van der Waals surface area (Å²) in [5, 5.41) is 5.77. The SMILES string of the molecule is CC(C)(C)OC(=O)Nc1ccc(F)cc1NCc1ccc(Br)s1. The lowest BCUT2D eigenvalue weighted by molar-refractivity contribution is 0.0636. The van der Waals surface area contributed by atoms with E-state index in [1.807, 2.05) is 12.1 Å². The number of hydrogen-bond donors (Lipinski definition) is 2. The van der Waals surface area contributed by atoms with E-state index >= 15 is 0 Å². The van der Waals surface area contributed by atoms with Gasteiger partial charge in [-0.1, -0.05) is 0 Å². The van der Waals surface area contributed by atoms with Crippen LogP contribution in [0.1, 0.15) is 25.6 Å². The van der Waals surface area contributed by atoms with Crippen molar-refractivity contribution in [2.24, 2.45) is 0 Å². The number of carbonyl (C=O) groups excluding carboxylic acids is 1. The molecular formula is C16H18BrFN2O2S. The van der Waals surface area contributed by atoms with Crippen LogP contribution in [0.3, 0.4) is 0 Å². The van der Waals surface area contributed by atoms with E-state index in [1.165, 1.54) is 18.2 Å². The average Bonchev–Trinajstić information content (AvgIpc) is 2.82. The van der Waals surface area contributed by atoms with E-state index in [9.17, 15) is 9.18 Å². The fourth-order valence-corrected chi connectivity index (χ4v) is 3.24. The zero-order valence-corrected chi connectivity index (χ0v) is 15.5. The number of amides is 1. The van der Waals surface area contributed by atoms with E-state index in [0.29, 0.717) is 17.9 Å². The van der Waals surface area contributed by atoms with Crippen LogP contribution in [0.4, 0.5) is 20.6 Å². The summed E-state index contributed by atoms with van der Waals surface area (Å²) in [6.07, 6.45) is -0.578. The lowest BCUT2D eigenvalue weighted by Crippen LogP contribution is -2.27. The van der Waals surface area contributed by atoms with Gasteiger partial charge in [0.15, 0.2) is 0 Å². The quantitative estimate of drug-likeness (QED) is 0.700. The summed E-state index contributed by atoms with van der Waals surface area (Å²) in [7, 11) is 0. The van der Waals surface area contributed by atoms with Crippen LogP contribution in [-0.4, -0.2) is 11.7 Å². The van der Waals surface area contributed by atoms with Crippen LogP contribution in [0.25, 0.3) is 0 Å². The van der Waals surface area contributed by atoms with Gasteiger partial charge in [-0.2, -0.15) is 0 Å². The van der Waals surface area contributed by atoms with E-state index < -0.39 is 11.7 Å². The molecule has 0 saturated heterocycles. The standard InChI is InChI=1S/C16H18BrFN2O2S/c1-16(2,3)22-15(21)20-12-6-4-10(18)8-13(12)19-9-11-5-7-14(17)23-11/h4-8,19H,9H2,1-3H3,(H,20,21). The number of hydrogen-bond acceptors (Lipinski definition) is 4. The van der Waals surface area contributed by atoms with Crippen molar-refractivity contribution in [3.05, 3.63) is 44.8 Å². The fraction of sp³-hybridized carbons (Fsp3) is 0.312. The Morgan fingerprint density at radius 3 is 2.61 bits per heavy atom. The maximum Gasteiger partial charge on any atom is 0.412 e. The summed E-state index contributed by atoms with van der Waals surface area (Å²) in [6, 6.07) is 8.07. The summed E-state index contributed by atoms with van der Waals surface area (Å²) in [6.45, 7) is 5.88. The molecule has 1 heterocycles. The van der Waals surface area contributed by atoms with Crippen molar-refractivity contribution in [1.82, 2.24) is 0 Å². The summed E-state index contributed by atoms with van der Waals surface area (Å²) < 4.78 is 19.7. The first-order valence-corrected chi connectivity index (χ1v) is 8.61. The van der Waals surface area contributed by atoms with Gasteiger partial charge in [0.1, 0.15) is 11.4 Å². The highest BCUT2D eigenvalue weighted by molar-refractivity contribution is 9.11. The van der Waals surface area contributed by atoms with Gasteiger partial charge in [0.05, 0.1) is 15.2 Å². The molecule has 0 aliphatic rings. The second-order valence-electron chi connectivity index (χ2n) is 5.88. The number of benzene rings is 1. The predicted molar refractivity (Wildman–Crippen MR) is 95.6 cm³/mol. The Labute approximate surface area is 147 Å². The first-order chi connectivity index (χ1) is 10.7. The first-order valence-electron chi connectivity index (χ1n) is 7.00. The van der Waals surface area contributed by atoms with Crippen molar-refractivity contribution in [3.8, 4) is 0 Å². The Bertz CT molecular complexity index is 698. The minimum atomic E-state index is -0.596. The molecule has 0 aliphatic carbocycles. The molecule has 2 aromatic rings. The average molecular weight is 401 g/mol. The van der Waals surface area contributed by atoms with E-state index in [4.69, 9.17) is 4.74 Å². The second kappa shape index (κ2) is 7.31. The van der Waals surface area contributed by atoms with Crippen molar-refractivity contribution in [1.29, 1.82) is 0 Å². The van der Waals surface area contributed by atoms with Gasteiger partial charge in [-0.25, -0.2) is 9.18 Å². The molecule has 0 spiro atoms. The molecule has 0 fully saturated rings. The molecule has 0 aliphatic heterocycles. The highest BCUT2D eigenvalue weighted by atomic mass is 79.9. The molecule has 2 rings (SSSR count). The summed E-state index contributed by atoms with van der Waals surface area (Å²) in [5.41, 5.74) is 0.373. The molecule has 0 radical (unpaired) electrons. The van der Waals surface area contributed by atoms with Crippen molar-refractivity contribution >= 4 is 44.7 Å². The zero-order valence-electron chi connectivity index (χ0n) is 13.1. The molecule has 4 nitrogen and oxygen atoms in total. The Hall–Kier alpha value is -1.60. The maximum atomic E-state index is 13.5. The Kier molecular flexibility index (Phi) is 5.64. The Morgan fingerprint density at radius 1 is 1.26 bits per heavy atom. The minimum Gasteiger partial charge on any atom is -0.444 e. The number of anilines is 2. The molecule has 0 unspecified atom stereocenters. The topological polar surface area (TPSA) is 50.4 Å². The van der Waals surface area contributed by atoms with Gasteiger partial charge in [-0.15, -0.1) is 11.3 Å². The molecule has 0 atom stereocenters.